The Hall–Kier alpha value is -0.870. The Morgan fingerprint density at radius 3 is 2.41 bits per heavy atom. The van der Waals surface area contributed by atoms with Gasteiger partial charge in [0.1, 0.15) is 0 Å². The summed E-state index contributed by atoms with van der Waals surface area (Å²) in [6, 6.07) is 4.32. The molecule has 1 N–H and O–H groups in total. The maximum absolute atomic E-state index is 4.25. The highest BCUT2D eigenvalue weighted by Gasteiger charge is 2.04. The normalized spacial score (nSPS) is 10.6. The lowest BCUT2D eigenvalue weighted by Crippen LogP contribution is -2.00. The smallest absolute Gasteiger partial charge is 0.0798 e. The summed E-state index contributed by atoms with van der Waals surface area (Å²) in [5.41, 5.74) is 6.69. The minimum atomic E-state index is 0.844. The van der Waals surface area contributed by atoms with Gasteiger partial charge in [-0.3, -0.25) is 0 Å². The van der Waals surface area contributed by atoms with E-state index >= 15 is 0 Å². The Labute approximate surface area is 114 Å². The minimum absolute atomic E-state index is 0.844. The highest BCUT2D eigenvalue weighted by Crippen LogP contribution is 2.25. The van der Waals surface area contributed by atoms with E-state index in [2.05, 4.69) is 52.2 Å². The standard InChI is InChI=1S/C13H15BrN2S/c1-8-4-11(5-9(2)13(8)14)15-6-12-10(3)16-7-17-12/h4-5,7,15H,6H2,1-3H3. The van der Waals surface area contributed by atoms with Crippen molar-refractivity contribution in [1.82, 2.24) is 4.98 Å². The number of aryl methyl sites for hydroxylation is 3. The van der Waals surface area contributed by atoms with Crippen LogP contribution in [0.2, 0.25) is 0 Å². The molecule has 2 rings (SSSR count). The number of aromatic nitrogens is 1. The molecule has 90 valence electrons. The molecule has 1 heterocycles. The van der Waals surface area contributed by atoms with Crippen LogP contribution < -0.4 is 5.32 Å². The van der Waals surface area contributed by atoms with Gasteiger partial charge in [0, 0.05) is 15.0 Å². The number of rotatable bonds is 3. The summed E-state index contributed by atoms with van der Waals surface area (Å²) in [6.45, 7) is 7.11. The second-order valence-electron chi connectivity index (χ2n) is 4.14. The molecule has 0 aliphatic rings. The Bertz CT molecular complexity index is 511. The van der Waals surface area contributed by atoms with Crippen molar-refractivity contribution >= 4 is 33.0 Å². The van der Waals surface area contributed by atoms with Gasteiger partial charge in [-0.15, -0.1) is 11.3 Å². The van der Waals surface area contributed by atoms with Gasteiger partial charge in [0.05, 0.1) is 17.7 Å². The van der Waals surface area contributed by atoms with Gasteiger partial charge >= 0.3 is 0 Å². The number of anilines is 1. The monoisotopic (exact) mass is 310 g/mol. The van der Waals surface area contributed by atoms with Crippen LogP contribution in [0.5, 0.6) is 0 Å². The van der Waals surface area contributed by atoms with E-state index in [4.69, 9.17) is 0 Å². The molecule has 1 aromatic heterocycles. The lowest BCUT2D eigenvalue weighted by Gasteiger charge is -2.10. The van der Waals surface area contributed by atoms with Crippen LogP contribution >= 0.6 is 27.3 Å². The Kier molecular flexibility index (Phi) is 3.84. The third kappa shape index (κ3) is 2.87. The van der Waals surface area contributed by atoms with Gasteiger partial charge in [0.15, 0.2) is 0 Å². The van der Waals surface area contributed by atoms with Gasteiger partial charge in [-0.25, -0.2) is 4.98 Å². The largest absolute Gasteiger partial charge is 0.380 e. The molecule has 2 nitrogen and oxygen atoms in total. The predicted octanol–water partition coefficient (Wildman–Crippen LogP) is 4.44. The number of hydrogen-bond acceptors (Lipinski definition) is 3. The zero-order valence-electron chi connectivity index (χ0n) is 10.2. The highest BCUT2D eigenvalue weighted by molar-refractivity contribution is 9.10. The molecule has 0 saturated heterocycles. The van der Waals surface area contributed by atoms with Gasteiger partial charge in [-0.2, -0.15) is 0 Å². The summed E-state index contributed by atoms with van der Waals surface area (Å²) in [7, 11) is 0. The van der Waals surface area contributed by atoms with Gasteiger partial charge < -0.3 is 5.32 Å². The maximum atomic E-state index is 4.25. The zero-order valence-corrected chi connectivity index (χ0v) is 12.6. The molecule has 0 unspecified atom stereocenters. The molecule has 2 aromatic rings. The van der Waals surface area contributed by atoms with Crippen LogP contribution in [0.25, 0.3) is 0 Å². The van der Waals surface area contributed by atoms with E-state index in [9.17, 15) is 0 Å². The summed E-state index contributed by atoms with van der Waals surface area (Å²) in [5.74, 6) is 0. The Morgan fingerprint density at radius 2 is 1.88 bits per heavy atom. The van der Waals surface area contributed by atoms with Crippen molar-refractivity contribution in [2.45, 2.75) is 27.3 Å². The molecule has 0 bridgehead atoms. The number of hydrogen-bond donors (Lipinski definition) is 1. The van der Waals surface area contributed by atoms with Gasteiger partial charge in [-0.1, -0.05) is 15.9 Å². The van der Waals surface area contributed by atoms with E-state index in [1.54, 1.807) is 11.3 Å². The van der Waals surface area contributed by atoms with Crippen LogP contribution in [0, 0.1) is 20.8 Å². The van der Waals surface area contributed by atoms with Crippen molar-refractivity contribution in [3.63, 3.8) is 0 Å². The fourth-order valence-electron chi connectivity index (χ4n) is 1.73. The molecule has 1 aromatic carbocycles. The van der Waals surface area contributed by atoms with Crippen LogP contribution in [-0.4, -0.2) is 4.98 Å². The van der Waals surface area contributed by atoms with E-state index in [0.29, 0.717) is 0 Å². The molecule has 0 fully saturated rings. The SMILES string of the molecule is Cc1cc(NCc2scnc2C)cc(C)c1Br. The summed E-state index contributed by atoms with van der Waals surface area (Å²) in [4.78, 5) is 5.54. The van der Waals surface area contributed by atoms with E-state index in [0.717, 1.165) is 17.9 Å². The predicted molar refractivity (Wildman–Crippen MR) is 77.8 cm³/mol. The Balaban J connectivity index is 2.12. The molecular formula is C13H15BrN2S. The van der Waals surface area contributed by atoms with E-state index in [1.807, 2.05) is 12.4 Å². The molecule has 0 amide bonds. The fraction of sp³-hybridized carbons (Fsp3) is 0.308. The first kappa shape index (κ1) is 12.6. The van der Waals surface area contributed by atoms with Crippen molar-refractivity contribution in [1.29, 1.82) is 0 Å². The molecule has 0 atom stereocenters. The number of halogens is 1. The molecule has 0 radical (unpaired) electrons. The van der Waals surface area contributed by atoms with Gasteiger partial charge in [-0.05, 0) is 44.0 Å². The maximum Gasteiger partial charge on any atom is 0.0798 e. The van der Waals surface area contributed by atoms with Crippen LogP contribution in [0.4, 0.5) is 5.69 Å². The van der Waals surface area contributed by atoms with Crippen molar-refractivity contribution in [2.75, 3.05) is 5.32 Å². The summed E-state index contributed by atoms with van der Waals surface area (Å²) < 4.78 is 1.19. The van der Waals surface area contributed by atoms with Crippen molar-refractivity contribution in [2.24, 2.45) is 0 Å². The molecule has 0 aliphatic heterocycles. The fourth-order valence-corrected chi connectivity index (χ4v) is 2.67. The summed E-state index contributed by atoms with van der Waals surface area (Å²) >= 11 is 5.28. The molecule has 4 heteroatoms. The molecule has 0 spiro atoms. The van der Waals surface area contributed by atoms with Crippen LogP contribution in [0.1, 0.15) is 21.7 Å². The average Bonchev–Trinajstić information content (AvgIpc) is 2.69. The van der Waals surface area contributed by atoms with Crippen molar-refractivity contribution < 1.29 is 0 Å². The lowest BCUT2D eigenvalue weighted by atomic mass is 10.1. The number of nitrogens with zero attached hydrogens (tertiary/aromatic N) is 1. The zero-order chi connectivity index (χ0) is 12.4. The Morgan fingerprint density at radius 1 is 1.24 bits per heavy atom. The van der Waals surface area contributed by atoms with E-state index in [1.165, 1.54) is 20.5 Å². The van der Waals surface area contributed by atoms with E-state index < -0.39 is 0 Å². The third-order valence-electron chi connectivity index (χ3n) is 2.73. The molecular weight excluding hydrogens is 296 g/mol. The summed E-state index contributed by atoms with van der Waals surface area (Å²) in [6.07, 6.45) is 0. The topological polar surface area (TPSA) is 24.9 Å². The molecule has 0 saturated carbocycles. The first-order chi connectivity index (χ1) is 8.08. The second kappa shape index (κ2) is 5.19. The van der Waals surface area contributed by atoms with Gasteiger partial charge in [0.25, 0.3) is 0 Å². The first-order valence-corrected chi connectivity index (χ1v) is 7.15. The van der Waals surface area contributed by atoms with Crippen LogP contribution in [0.3, 0.4) is 0 Å². The average molecular weight is 311 g/mol. The minimum Gasteiger partial charge on any atom is -0.380 e. The number of nitrogens with one attached hydrogen (secondary N) is 1. The van der Waals surface area contributed by atoms with Gasteiger partial charge in [0.2, 0.25) is 0 Å². The third-order valence-corrected chi connectivity index (χ3v) is 4.92. The second-order valence-corrected chi connectivity index (χ2v) is 5.87. The molecule has 0 aliphatic carbocycles. The quantitative estimate of drug-likeness (QED) is 0.906. The molecule has 17 heavy (non-hydrogen) atoms. The number of thiazole rings is 1. The lowest BCUT2D eigenvalue weighted by molar-refractivity contribution is 1.12. The number of benzene rings is 1. The van der Waals surface area contributed by atoms with Crippen LogP contribution in [-0.2, 0) is 6.54 Å². The first-order valence-electron chi connectivity index (χ1n) is 5.47. The van der Waals surface area contributed by atoms with E-state index in [-0.39, 0.29) is 0 Å². The van der Waals surface area contributed by atoms with Crippen molar-refractivity contribution in [3.05, 3.63) is 43.8 Å². The summed E-state index contributed by atoms with van der Waals surface area (Å²) in [5, 5.41) is 3.45. The van der Waals surface area contributed by atoms with Crippen molar-refractivity contribution in [3.8, 4) is 0 Å². The van der Waals surface area contributed by atoms with Crippen LogP contribution in [0.15, 0.2) is 22.1 Å². The highest BCUT2D eigenvalue weighted by atomic mass is 79.9.